The molecule has 5 N–H and O–H groups in total. The summed E-state index contributed by atoms with van der Waals surface area (Å²) in [5.74, 6) is -2.12. The summed E-state index contributed by atoms with van der Waals surface area (Å²) in [5.41, 5.74) is 0.000946. The average molecular weight is 873 g/mol. The van der Waals surface area contributed by atoms with Gasteiger partial charge in [0.1, 0.15) is 5.60 Å². The van der Waals surface area contributed by atoms with Crippen LogP contribution >= 0.6 is 0 Å². The van der Waals surface area contributed by atoms with Crippen molar-refractivity contribution in [1.29, 1.82) is 0 Å². The second-order valence-electron chi connectivity index (χ2n) is 16.3. The molecule has 2 aliphatic rings. The number of anilines is 2. The molecule has 8 bridgehead atoms. The van der Waals surface area contributed by atoms with E-state index in [-0.39, 0.29) is 59.6 Å². The largest absolute Gasteiger partial charge is 0.474 e. The minimum absolute atomic E-state index is 0.0168. The molecule has 22 heteroatoms. The molecule has 2 aliphatic heterocycles. The number of aryl methyl sites for hydroxylation is 2. The summed E-state index contributed by atoms with van der Waals surface area (Å²) in [7, 11) is 0. The number of fused-ring (bicyclic) bond motifs is 10. The normalized spacial score (nSPS) is 22.9. The fourth-order valence-electron chi connectivity index (χ4n) is 6.49. The van der Waals surface area contributed by atoms with E-state index >= 15 is 0 Å². The molecule has 4 atom stereocenters. The van der Waals surface area contributed by atoms with Gasteiger partial charge in [-0.15, -0.1) is 20.4 Å². The van der Waals surface area contributed by atoms with Crippen LogP contribution in [0.5, 0.6) is 11.8 Å². The summed E-state index contributed by atoms with van der Waals surface area (Å²) >= 11 is 0. The number of pyridine rings is 2. The fraction of sp³-hybridized carbons (Fsp3) is 0.615. The minimum Gasteiger partial charge on any atom is -0.474 e. The van der Waals surface area contributed by atoms with Gasteiger partial charge in [0.2, 0.25) is 23.0 Å². The SMILES string of the molecule is Cc1cc(N)c2nc1O[C@H](C)CCCCC[C@](O)(C(F)(F)F)c1nnc-2o1.Cc1cc(NC(=O)OC(C)(C)C)c2nc1O[C@H](C)CCCCC[C@](O)(C(F)(F)F)c1nnc-2o1. The highest BCUT2D eigenvalue weighted by Crippen LogP contribution is 2.45. The maximum atomic E-state index is 13.8. The van der Waals surface area contributed by atoms with E-state index in [9.17, 15) is 41.4 Å². The molecule has 0 radical (unpaired) electrons. The summed E-state index contributed by atoms with van der Waals surface area (Å²) in [5, 5.41) is 37.6. The number of carbonyl (C=O) groups is 1. The summed E-state index contributed by atoms with van der Waals surface area (Å²) in [6.07, 6.45) is -8.83. The van der Waals surface area contributed by atoms with Gasteiger partial charge in [0.05, 0.1) is 23.6 Å². The van der Waals surface area contributed by atoms with Gasteiger partial charge in [0.25, 0.3) is 23.6 Å². The van der Waals surface area contributed by atoms with Crippen molar-refractivity contribution in [3.05, 3.63) is 35.0 Å². The number of hydrogen-bond donors (Lipinski definition) is 4. The summed E-state index contributed by atoms with van der Waals surface area (Å²) in [6, 6.07) is 3.11. The zero-order chi connectivity index (χ0) is 45.1. The van der Waals surface area contributed by atoms with Crippen LogP contribution in [0, 0.1) is 13.8 Å². The highest BCUT2D eigenvalue weighted by molar-refractivity contribution is 5.89. The molecule has 0 saturated carbocycles. The van der Waals surface area contributed by atoms with E-state index in [4.69, 9.17) is 28.8 Å². The van der Waals surface area contributed by atoms with Gasteiger partial charge in [0.15, 0.2) is 11.4 Å². The van der Waals surface area contributed by atoms with E-state index in [1.165, 1.54) is 6.07 Å². The molecule has 6 heterocycles. The molecule has 0 aromatic carbocycles. The van der Waals surface area contributed by atoms with Crippen molar-refractivity contribution >= 4 is 17.5 Å². The zero-order valence-electron chi connectivity index (χ0n) is 34.8. The molecule has 0 aliphatic carbocycles. The van der Waals surface area contributed by atoms with Gasteiger partial charge in [-0.25, -0.2) is 14.8 Å². The molecular weight excluding hydrogens is 822 g/mol. The van der Waals surface area contributed by atoms with Gasteiger partial charge in [-0.2, -0.15) is 26.3 Å². The standard InChI is InChI=1S/C22H29F3N4O5.C17H21F3N4O3/c1-12-11-14(26-19(30)34-20(3,4)5)15-17-28-29-18(33-17)21(31,22(23,24)25)10-8-6-7-9-13(2)32-16(12)27-15;1-9-8-11(21)12-14-23-24-15(27-14)16(25,17(18,19)20)7-5-3-4-6-10(2)26-13(9)22-12/h11,13,31H,6-10H2,1-5H3,(H,26,30);8,10,25H,3-7,21H2,1-2H3/t13-,21-;10-,16-/m11/s1. The lowest BCUT2D eigenvalue weighted by atomic mass is 9.94. The predicted octanol–water partition coefficient (Wildman–Crippen LogP) is 8.77. The summed E-state index contributed by atoms with van der Waals surface area (Å²) < 4.78 is 110. The van der Waals surface area contributed by atoms with Gasteiger partial charge in [-0.05, 0) is 112 Å². The van der Waals surface area contributed by atoms with Crippen molar-refractivity contribution in [3.63, 3.8) is 0 Å². The van der Waals surface area contributed by atoms with Crippen molar-refractivity contribution in [2.75, 3.05) is 11.1 Å². The molecule has 61 heavy (non-hydrogen) atoms. The van der Waals surface area contributed by atoms with Crippen LogP contribution in [0.15, 0.2) is 21.0 Å². The van der Waals surface area contributed by atoms with Crippen LogP contribution in [0.2, 0.25) is 0 Å². The van der Waals surface area contributed by atoms with Crippen molar-refractivity contribution in [1.82, 2.24) is 30.4 Å². The number of ether oxygens (including phenoxy) is 3. The van der Waals surface area contributed by atoms with Crippen molar-refractivity contribution in [3.8, 4) is 34.9 Å². The monoisotopic (exact) mass is 872 g/mol. The fourth-order valence-corrected chi connectivity index (χ4v) is 6.49. The van der Waals surface area contributed by atoms with Crippen LogP contribution in [0.4, 0.5) is 42.5 Å². The number of amides is 1. The first-order chi connectivity index (χ1) is 28.3. The van der Waals surface area contributed by atoms with Gasteiger partial charge in [0, 0.05) is 11.1 Å². The Bertz CT molecular complexity index is 2160. The second kappa shape index (κ2) is 18.0. The number of hydrogen-bond acceptors (Lipinski definition) is 15. The maximum absolute atomic E-state index is 13.8. The van der Waals surface area contributed by atoms with E-state index in [1.807, 2.05) is 13.8 Å². The number of nitrogens with one attached hydrogen (secondary N) is 1. The minimum atomic E-state index is -5.03. The van der Waals surface area contributed by atoms with Crippen molar-refractivity contribution in [2.24, 2.45) is 0 Å². The molecule has 336 valence electrons. The molecule has 4 aromatic heterocycles. The maximum Gasteiger partial charge on any atom is 0.426 e. The quantitative estimate of drug-likeness (QED) is 0.131. The van der Waals surface area contributed by atoms with E-state index in [0.717, 1.165) is 0 Å². The van der Waals surface area contributed by atoms with Crippen LogP contribution in [0.3, 0.4) is 0 Å². The molecule has 0 fully saturated rings. The number of aliphatic hydroxyl groups is 2. The molecule has 0 spiro atoms. The molecule has 0 unspecified atom stereocenters. The van der Waals surface area contributed by atoms with Gasteiger partial charge < -0.3 is 39.0 Å². The number of aromatic nitrogens is 6. The molecule has 16 nitrogen and oxygen atoms in total. The first-order valence-corrected chi connectivity index (χ1v) is 19.7. The van der Waals surface area contributed by atoms with Crippen LogP contribution in [0.25, 0.3) is 23.2 Å². The Kier molecular flexibility index (Phi) is 13.8. The van der Waals surface area contributed by atoms with Crippen LogP contribution in [-0.4, -0.2) is 76.8 Å². The third kappa shape index (κ3) is 11.0. The molecule has 1 amide bonds. The highest BCUT2D eigenvalue weighted by atomic mass is 19.4. The van der Waals surface area contributed by atoms with E-state index < -0.39 is 65.8 Å². The van der Waals surface area contributed by atoms with E-state index in [2.05, 4.69) is 35.7 Å². The highest BCUT2D eigenvalue weighted by Gasteiger charge is 2.59. The van der Waals surface area contributed by atoms with Gasteiger partial charge in [-0.1, -0.05) is 12.8 Å². The summed E-state index contributed by atoms with van der Waals surface area (Å²) in [4.78, 5) is 21.0. The number of carbonyl (C=O) groups excluding carboxylic acids is 1. The summed E-state index contributed by atoms with van der Waals surface area (Å²) in [6.45, 7) is 12.2. The number of alkyl halides is 6. The number of nitrogens with zero attached hydrogens (tertiary/aromatic N) is 6. The molecule has 4 aromatic rings. The van der Waals surface area contributed by atoms with Gasteiger partial charge >= 0.3 is 18.4 Å². The number of nitrogens with two attached hydrogens (primary N) is 1. The zero-order valence-corrected chi connectivity index (χ0v) is 34.8. The smallest absolute Gasteiger partial charge is 0.426 e. The Hall–Kier alpha value is -5.25. The second-order valence-corrected chi connectivity index (χ2v) is 16.3. The van der Waals surface area contributed by atoms with Crippen LogP contribution < -0.4 is 20.5 Å². The lowest BCUT2D eigenvalue weighted by Gasteiger charge is -2.27. The first-order valence-electron chi connectivity index (χ1n) is 19.7. The number of nitrogen functional groups attached to an aromatic ring is 1. The molecule has 0 saturated heterocycles. The number of halogens is 6. The van der Waals surface area contributed by atoms with E-state index in [0.29, 0.717) is 55.5 Å². The van der Waals surface area contributed by atoms with E-state index in [1.54, 1.807) is 40.7 Å². The van der Waals surface area contributed by atoms with Crippen molar-refractivity contribution in [2.45, 2.75) is 154 Å². The Labute approximate surface area is 347 Å². The Morgan fingerprint density at radius 1 is 0.738 bits per heavy atom. The topological polar surface area (TPSA) is 227 Å². The lowest BCUT2D eigenvalue weighted by molar-refractivity contribution is -0.277. The van der Waals surface area contributed by atoms with Crippen LogP contribution in [-0.2, 0) is 15.9 Å². The Balaban J connectivity index is 0.000000237. The number of rotatable bonds is 1. The third-order valence-corrected chi connectivity index (χ3v) is 9.82. The third-order valence-electron chi connectivity index (χ3n) is 9.82. The van der Waals surface area contributed by atoms with Gasteiger partial charge in [-0.3, -0.25) is 5.32 Å². The Morgan fingerprint density at radius 3 is 1.64 bits per heavy atom. The first kappa shape index (κ1) is 46.8. The van der Waals surface area contributed by atoms with Crippen LogP contribution in [0.1, 0.15) is 122 Å². The average Bonchev–Trinajstić information content (AvgIpc) is 3.83. The Morgan fingerprint density at radius 2 is 1.18 bits per heavy atom. The predicted molar refractivity (Wildman–Crippen MR) is 205 cm³/mol. The molecular formula is C39H50F6N8O8. The molecule has 6 rings (SSSR count). The lowest BCUT2D eigenvalue weighted by Crippen LogP contribution is -2.42. The van der Waals surface area contributed by atoms with Crippen molar-refractivity contribution < 1.29 is 64.4 Å².